The first kappa shape index (κ1) is 21.9. The van der Waals surface area contributed by atoms with Gasteiger partial charge in [-0.25, -0.2) is 14.0 Å². The SMILES string of the molecule is CCn1cc2c(N3C[C@@H](C)N(C(=O)OC(C)(C)C)[C@@H](C)C3)cc(F)c(C(=O)O)c2n1. The van der Waals surface area contributed by atoms with E-state index >= 15 is 0 Å². The highest BCUT2D eigenvalue weighted by Gasteiger charge is 2.36. The van der Waals surface area contributed by atoms with Crippen molar-refractivity contribution in [2.75, 3.05) is 18.0 Å². The first-order chi connectivity index (χ1) is 13.9. The normalized spacial score (nSPS) is 20.0. The smallest absolute Gasteiger partial charge is 0.410 e. The summed E-state index contributed by atoms with van der Waals surface area (Å²) in [5.41, 5.74) is -0.303. The molecule has 0 radical (unpaired) electrons. The van der Waals surface area contributed by atoms with Crippen molar-refractivity contribution >= 4 is 28.7 Å². The van der Waals surface area contributed by atoms with Crippen LogP contribution in [0.4, 0.5) is 14.9 Å². The minimum atomic E-state index is -1.35. The van der Waals surface area contributed by atoms with Crippen LogP contribution < -0.4 is 4.90 Å². The molecule has 0 unspecified atom stereocenters. The maximum Gasteiger partial charge on any atom is 0.410 e. The van der Waals surface area contributed by atoms with E-state index in [0.29, 0.717) is 30.7 Å². The van der Waals surface area contributed by atoms with Crippen LogP contribution in [0.5, 0.6) is 0 Å². The van der Waals surface area contributed by atoms with Crippen LogP contribution in [0, 0.1) is 5.82 Å². The van der Waals surface area contributed by atoms with Crippen molar-refractivity contribution in [3.8, 4) is 0 Å². The van der Waals surface area contributed by atoms with E-state index in [0.717, 1.165) is 0 Å². The number of hydrogen-bond donors (Lipinski definition) is 1. The summed E-state index contributed by atoms with van der Waals surface area (Å²) in [6.07, 6.45) is 1.37. The van der Waals surface area contributed by atoms with Gasteiger partial charge in [-0.05, 0) is 47.6 Å². The molecule has 2 heterocycles. The van der Waals surface area contributed by atoms with Crippen LogP contribution in [-0.4, -0.2) is 62.6 Å². The third kappa shape index (κ3) is 4.06. The molecule has 164 valence electrons. The summed E-state index contributed by atoms with van der Waals surface area (Å²) in [7, 11) is 0. The molecule has 1 fully saturated rings. The average Bonchev–Trinajstić information content (AvgIpc) is 3.02. The molecule has 30 heavy (non-hydrogen) atoms. The number of nitrogens with zero attached hydrogens (tertiary/aromatic N) is 4. The standard InChI is InChI=1S/C21H29FN4O4/c1-7-25-11-14-16(8-15(22)17(19(27)28)18(14)23-25)24-9-12(2)26(13(3)10-24)20(29)30-21(4,5)6/h8,11-13H,7,9-10H2,1-6H3,(H,27,28)/t12-,13+. The fourth-order valence-corrected chi connectivity index (χ4v) is 4.00. The van der Waals surface area contributed by atoms with E-state index in [1.165, 1.54) is 6.07 Å². The van der Waals surface area contributed by atoms with Crippen LogP contribution in [-0.2, 0) is 11.3 Å². The molecule has 0 saturated carbocycles. The molecule has 0 spiro atoms. The van der Waals surface area contributed by atoms with Gasteiger partial charge in [-0.3, -0.25) is 9.58 Å². The Bertz CT molecular complexity index is 970. The third-order valence-corrected chi connectivity index (χ3v) is 5.18. The van der Waals surface area contributed by atoms with Crippen molar-refractivity contribution in [1.82, 2.24) is 14.7 Å². The van der Waals surface area contributed by atoms with Crippen molar-refractivity contribution in [1.29, 1.82) is 0 Å². The summed E-state index contributed by atoms with van der Waals surface area (Å²) in [4.78, 5) is 27.9. The van der Waals surface area contributed by atoms with E-state index in [1.54, 1.807) is 15.8 Å². The van der Waals surface area contributed by atoms with Gasteiger partial charge in [0.05, 0.1) is 17.8 Å². The Morgan fingerprint density at radius 3 is 2.37 bits per heavy atom. The number of benzene rings is 1. The Morgan fingerprint density at radius 1 is 1.27 bits per heavy atom. The second kappa shape index (κ2) is 7.77. The summed E-state index contributed by atoms with van der Waals surface area (Å²) in [6, 6.07) is 0.903. The number of carbonyl (C=O) groups excluding carboxylic acids is 1. The van der Waals surface area contributed by atoms with Gasteiger partial charge in [-0.1, -0.05) is 0 Å². The summed E-state index contributed by atoms with van der Waals surface area (Å²) in [6.45, 7) is 12.6. The van der Waals surface area contributed by atoms with Crippen LogP contribution in [0.15, 0.2) is 12.3 Å². The van der Waals surface area contributed by atoms with Crippen molar-refractivity contribution in [2.45, 2.75) is 65.8 Å². The van der Waals surface area contributed by atoms with Gasteiger partial charge in [0.15, 0.2) is 0 Å². The highest BCUT2D eigenvalue weighted by Crippen LogP contribution is 2.34. The van der Waals surface area contributed by atoms with Gasteiger partial charge in [-0.2, -0.15) is 5.10 Å². The molecule has 9 heteroatoms. The number of anilines is 1. The zero-order valence-electron chi connectivity index (χ0n) is 18.3. The molecule has 1 aliphatic heterocycles. The minimum absolute atomic E-state index is 0.134. The lowest BCUT2D eigenvalue weighted by Gasteiger charge is -2.45. The average molecular weight is 420 g/mol. The van der Waals surface area contributed by atoms with E-state index < -0.39 is 23.0 Å². The highest BCUT2D eigenvalue weighted by molar-refractivity contribution is 6.06. The van der Waals surface area contributed by atoms with Gasteiger partial charge in [0.1, 0.15) is 22.5 Å². The van der Waals surface area contributed by atoms with Gasteiger partial charge >= 0.3 is 12.1 Å². The maximum atomic E-state index is 14.7. The molecule has 1 aliphatic rings. The minimum Gasteiger partial charge on any atom is -0.478 e. The Balaban J connectivity index is 1.98. The molecule has 1 saturated heterocycles. The number of amides is 1. The van der Waals surface area contributed by atoms with Crippen LogP contribution in [0.3, 0.4) is 0 Å². The number of piperazine rings is 1. The molecule has 1 aromatic heterocycles. The predicted molar refractivity (Wildman–Crippen MR) is 112 cm³/mol. The van der Waals surface area contributed by atoms with Crippen molar-refractivity contribution in [2.24, 2.45) is 0 Å². The van der Waals surface area contributed by atoms with Gasteiger partial charge < -0.3 is 14.7 Å². The van der Waals surface area contributed by atoms with Gasteiger partial charge in [0.2, 0.25) is 0 Å². The number of aromatic nitrogens is 2. The summed E-state index contributed by atoms with van der Waals surface area (Å²) in [5, 5.41) is 14.3. The Labute approximate surface area is 175 Å². The van der Waals surface area contributed by atoms with E-state index in [-0.39, 0.29) is 23.7 Å². The molecule has 1 amide bonds. The molecular formula is C21H29FN4O4. The van der Waals surface area contributed by atoms with E-state index in [2.05, 4.69) is 5.10 Å². The molecule has 3 rings (SSSR count). The lowest BCUT2D eigenvalue weighted by molar-refractivity contribution is 0.00565. The summed E-state index contributed by atoms with van der Waals surface area (Å²) in [5.74, 6) is -2.16. The Kier molecular flexibility index (Phi) is 5.66. The number of rotatable bonds is 3. The predicted octanol–water partition coefficient (Wildman–Crippen LogP) is 3.73. The number of carbonyl (C=O) groups is 2. The fraction of sp³-hybridized carbons (Fsp3) is 0.571. The van der Waals surface area contributed by atoms with Gasteiger partial charge in [-0.15, -0.1) is 0 Å². The number of hydrogen-bond acceptors (Lipinski definition) is 5. The molecule has 1 N–H and O–H groups in total. The number of aromatic carboxylic acids is 1. The zero-order chi connectivity index (χ0) is 22.4. The summed E-state index contributed by atoms with van der Waals surface area (Å²) >= 11 is 0. The quantitative estimate of drug-likeness (QED) is 0.814. The monoisotopic (exact) mass is 420 g/mol. The summed E-state index contributed by atoms with van der Waals surface area (Å²) < 4.78 is 21.9. The topological polar surface area (TPSA) is 87.9 Å². The van der Waals surface area contributed by atoms with Crippen molar-refractivity contribution in [3.63, 3.8) is 0 Å². The van der Waals surface area contributed by atoms with Crippen LogP contribution >= 0.6 is 0 Å². The first-order valence-electron chi connectivity index (χ1n) is 10.1. The second-order valence-electron chi connectivity index (χ2n) is 8.80. The van der Waals surface area contributed by atoms with Crippen molar-refractivity contribution < 1.29 is 23.8 Å². The molecular weight excluding hydrogens is 391 g/mol. The molecule has 1 aromatic carbocycles. The third-order valence-electron chi connectivity index (χ3n) is 5.18. The number of halogens is 1. The highest BCUT2D eigenvalue weighted by atomic mass is 19.1. The molecule has 2 atom stereocenters. The molecule has 8 nitrogen and oxygen atoms in total. The van der Waals surface area contributed by atoms with E-state index in [4.69, 9.17) is 4.74 Å². The molecule has 0 aliphatic carbocycles. The maximum absolute atomic E-state index is 14.7. The van der Waals surface area contributed by atoms with Crippen molar-refractivity contribution in [3.05, 3.63) is 23.6 Å². The van der Waals surface area contributed by atoms with Gasteiger partial charge in [0, 0.05) is 31.2 Å². The van der Waals surface area contributed by atoms with Crippen LogP contribution in [0.25, 0.3) is 10.9 Å². The molecule has 2 aromatic rings. The lowest BCUT2D eigenvalue weighted by Crippen LogP contribution is -2.59. The number of carboxylic acid groups (broad SMARTS) is 1. The fourth-order valence-electron chi connectivity index (χ4n) is 4.00. The molecule has 0 bridgehead atoms. The largest absolute Gasteiger partial charge is 0.478 e. The van der Waals surface area contributed by atoms with Gasteiger partial charge in [0.25, 0.3) is 0 Å². The number of fused-ring (bicyclic) bond motifs is 1. The van der Waals surface area contributed by atoms with Crippen LogP contribution in [0.1, 0.15) is 51.9 Å². The number of aryl methyl sites for hydroxylation is 1. The van der Waals surface area contributed by atoms with E-state index in [9.17, 15) is 19.1 Å². The van der Waals surface area contributed by atoms with Crippen LogP contribution in [0.2, 0.25) is 0 Å². The van der Waals surface area contributed by atoms with E-state index in [1.807, 2.05) is 46.4 Å². The Morgan fingerprint density at radius 2 is 1.87 bits per heavy atom. The second-order valence-corrected chi connectivity index (χ2v) is 8.80. The lowest BCUT2D eigenvalue weighted by atomic mass is 10.0. The number of ether oxygens (including phenoxy) is 1. The Hall–Kier alpha value is -2.84. The number of carboxylic acids is 1. The first-order valence-corrected chi connectivity index (χ1v) is 10.1. The zero-order valence-corrected chi connectivity index (χ0v) is 18.3.